The number of nitrogens with two attached hydrogens (primary N) is 1. The van der Waals surface area contributed by atoms with Gasteiger partial charge >= 0.3 is 0 Å². The number of amides is 1. The molecular formula is C16H27N3O. The Morgan fingerprint density at radius 3 is 2.60 bits per heavy atom. The van der Waals surface area contributed by atoms with Crippen LogP contribution in [0, 0.1) is 0 Å². The molecule has 0 saturated carbocycles. The van der Waals surface area contributed by atoms with Gasteiger partial charge in [-0.05, 0) is 44.5 Å². The van der Waals surface area contributed by atoms with Gasteiger partial charge < -0.3 is 10.6 Å². The van der Waals surface area contributed by atoms with Crippen LogP contribution in [0.25, 0.3) is 0 Å². The first-order valence-corrected chi connectivity index (χ1v) is 7.26. The largest absolute Gasteiger partial charge is 0.399 e. The molecule has 0 aromatic heterocycles. The smallest absolute Gasteiger partial charge is 0.236 e. The van der Waals surface area contributed by atoms with Crippen LogP contribution in [0.15, 0.2) is 24.3 Å². The van der Waals surface area contributed by atoms with Crippen LogP contribution in [0.4, 0.5) is 5.69 Å². The van der Waals surface area contributed by atoms with Crippen molar-refractivity contribution >= 4 is 11.6 Å². The lowest BCUT2D eigenvalue weighted by molar-refractivity contribution is -0.132. The maximum atomic E-state index is 12.2. The molecule has 4 heteroatoms. The lowest BCUT2D eigenvalue weighted by Crippen LogP contribution is -2.41. The third kappa shape index (κ3) is 5.21. The third-order valence-corrected chi connectivity index (χ3v) is 3.42. The summed E-state index contributed by atoms with van der Waals surface area (Å²) in [5.74, 6) is 0.164. The number of rotatable bonds is 7. The highest BCUT2D eigenvalue weighted by Gasteiger charge is 2.16. The van der Waals surface area contributed by atoms with Crippen molar-refractivity contribution in [2.75, 3.05) is 25.9 Å². The van der Waals surface area contributed by atoms with Gasteiger partial charge in [0.1, 0.15) is 0 Å². The van der Waals surface area contributed by atoms with Crippen molar-refractivity contribution in [1.29, 1.82) is 0 Å². The molecule has 1 rings (SSSR count). The van der Waals surface area contributed by atoms with Gasteiger partial charge in [0.05, 0.1) is 6.54 Å². The summed E-state index contributed by atoms with van der Waals surface area (Å²) in [5, 5.41) is 0. The van der Waals surface area contributed by atoms with Gasteiger partial charge in [-0.25, -0.2) is 0 Å². The summed E-state index contributed by atoms with van der Waals surface area (Å²) in [6.07, 6.45) is 1.03. The van der Waals surface area contributed by atoms with E-state index in [0.717, 1.165) is 30.8 Å². The van der Waals surface area contributed by atoms with Gasteiger partial charge in [0, 0.05) is 25.3 Å². The number of likely N-dealkylation sites (N-methyl/N-ethyl adjacent to an activating group) is 1. The number of nitrogen functional groups attached to an aromatic ring is 1. The molecule has 0 heterocycles. The van der Waals surface area contributed by atoms with Crippen molar-refractivity contribution in [2.45, 2.75) is 39.8 Å². The predicted octanol–water partition coefficient (Wildman–Crippen LogP) is 2.35. The minimum atomic E-state index is 0.164. The van der Waals surface area contributed by atoms with Gasteiger partial charge in [-0.3, -0.25) is 9.69 Å². The Hall–Kier alpha value is -1.55. The normalized spacial score (nSPS) is 11.1. The lowest BCUT2D eigenvalue weighted by atomic mass is 10.2. The summed E-state index contributed by atoms with van der Waals surface area (Å²) < 4.78 is 0. The first-order valence-electron chi connectivity index (χ1n) is 7.26. The van der Waals surface area contributed by atoms with Gasteiger partial charge in [0.2, 0.25) is 5.91 Å². The zero-order valence-electron chi connectivity index (χ0n) is 13.1. The van der Waals surface area contributed by atoms with E-state index >= 15 is 0 Å². The minimum Gasteiger partial charge on any atom is -0.399 e. The maximum Gasteiger partial charge on any atom is 0.236 e. The second-order valence-electron chi connectivity index (χ2n) is 5.55. The van der Waals surface area contributed by atoms with Crippen LogP contribution in [0.2, 0.25) is 0 Å². The molecule has 0 bridgehead atoms. The van der Waals surface area contributed by atoms with Crippen LogP contribution < -0.4 is 5.73 Å². The van der Waals surface area contributed by atoms with E-state index in [4.69, 9.17) is 5.73 Å². The van der Waals surface area contributed by atoms with E-state index in [-0.39, 0.29) is 11.9 Å². The zero-order chi connectivity index (χ0) is 15.1. The molecular weight excluding hydrogens is 250 g/mol. The number of hydrogen-bond acceptors (Lipinski definition) is 3. The van der Waals surface area contributed by atoms with Crippen molar-refractivity contribution < 1.29 is 4.79 Å². The van der Waals surface area contributed by atoms with E-state index < -0.39 is 0 Å². The molecule has 0 saturated heterocycles. The molecule has 0 radical (unpaired) electrons. The van der Waals surface area contributed by atoms with Gasteiger partial charge in [0.25, 0.3) is 0 Å². The fourth-order valence-electron chi connectivity index (χ4n) is 2.07. The van der Waals surface area contributed by atoms with Crippen LogP contribution in [0.1, 0.15) is 32.8 Å². The molecule has 0 aliphatic carbocycles. The van der Waals surface area contributed by atoms with Crippen LogP contribution in [0.5, 0.6) is 0 Å². The van der Waals surface area contributed by atoms with E-state index in [1.165, 1.54) is 0 Å². The monoisotopic (exact) mass is 277 g/mol. The molecule has 0 atom stereocenters. The van der Waals surface area contributed by atoms with Crippen LogP contribution in [-0.2, 0) is 11.3 Å². The van der Waals surface area contributed by atoms with Gasteiger partial charge in [-0.15, -0.1) is 0 Å². The molecule has 1 aromatic rings. The van der Waals surface area contributed by atoms with Crippen LogP contribution in [-0.4, -0.2) is 41.9 Å². The summed E-state index contributed by atoms with van der Waals surface area (Å²) in [5.41, 5.74) is 7.72. The standard InChI is InChI=1S/C16H27N3O/c1-5-9-19(12-16(20)18(4)13(2)3)11-14-7-6-8-15(17)10-14/h6-8,10,13H,5,9,11-12,17H2,1-4H3. The van der Waals surface area contributed by atoms with Crippen molar-refractivity contribution in [1.82, 2.24) is 9.80 Å². The number of carbonyl (C=O) groups excluding carboxylic acids is 1. The minimum absolute atomic E-state index is 0.164. The Morgan fingerprint density at radius 1 is 1.35 bits per heavy atom. The molecule has 0 aliphatic rings. The molecule has 0 fully saturated rings. The third-order valence-electron chi connectivity index (χ3n) is 3.42. The van der Waals surface area contributed by atoms with Crippen LogP contribution >= 0.6 is 0 Å². The van der Waals surface area contributed by atoms with E-state index in [9.17, 15) is 4.79 Å². The van der Waals surface area contributed by atoms with Gasteiger partial charge in [-0.1, -0.05) is 19.1 Å². The molecule has 4 nitrogen and oxygen atoms in total. The van der Waals surface area contributed by atoms with E-state index in [2.05, 4.69) is 17.9 Å². The number of nitrogens with zero attached hydrogens (tertiary/aromatic N) is 2. The average molecular weight is 277 g/mol. The van der Waals surface area contributed by atoms with Crippen molar-refractivity contribution in [2.24, 2.45) is 0 Å². The second kappa shape index (κ2) is 7.90. The molecule has 0 unspecified atom stereocenters. The quantitative estimate of drug-likeness (QED) is 0.778. The number of carbonyl (C=O) groups is 1. The average Bonchev–Trinajstić information content (AvgIpc) is 2.37. The summed E-state index contributed by atoms with van der Waals surface area (Å²) in [4.78, 5) is 16.2. The van der Waals surface area contributed by atoms with Gasteiger partial charge in [-0.2, -0.15) is 0 Å². The molecule has 0 spiro atoms. The van der Waals surface area contributed by atoms with Crippen LogP contribution in [0.3, 0.4) is 0 Å². The van der Waals surface area contributed by atoms with Crippen molar-refractivity contribution in [3.05, 3.63) is 29.8 Å². The zero-order valence-corrected chi connectivity index (χ0v) is 13.1. The lowest BCUT2D eigenvalue weighted by Gasteiger charge is -2.27. The molecule has 1 amide bonds. The Balaban J connectivity index is 2.67. The van der Waals surface area contributed by atoms with Crippen molar-refractivity contribution in [3.8, 4) is 0 Å². The predicted molar refractivity (Wildman–Crippen MR) is 84.3 cm³/mol. The summed E-state index contributed by atoms with van der Waals surface area (Å²) in [6, 6.07) is 8.09. The Labute approximate surface area is 122 Å². The molecule has 1 aromatic carbocycles. The fraction of sp³-hybridized carbons (Fsp3) is 0.562. The molecule has 0 aliphatic heterocycles. The highest BCUT2D eigenvalue weighted by molar-refractivity contribution is 5.78. The summed E-state index contributed by atoms with van der Waals surface area (Å²) >= 11 is 0. The molecule has 20 heavy (non-hydrogen) atoms. The van der Waals surface area contributed by atoms with Crippen molar-refractivity contribution in [3.63, 3.8) is 0 Å². The second-order valence-corrected chi connectivity index (χ2v) is 5.55. The highest BCUT2D eigenvalue weighted by Crippen LogP contribution is 2.10. The Morgan fingerprint density at radius 2 is 2.05 bits per heavy atom. The Kier molecular flexibility index (Phi) is 6.52. The number of anilines is 1. The van der Waals surface area contributed by atoms with E-state index in [1.54, 1.807) is 4.90 Å². The topological polar surface area (TPSA) is 49.6 Å². The number of hydrogen-bond donors (Lipinski definition) is 1. The van der Waals surface area contributed by atoms with E-state index in [0.29, 0.717) is 6.54 Å². The SMILES string of the molecule is CCCN(CC(=O)N(C)C(C)C)Cc1cccc(N)c1. The first-order chi connectivity index (χ1) is 9.43. The summed E-state index contributed by atoms with van der Waals surface area (Å²) in [7, 11) is 1.86. The summed E-state index contributed by atoms with van der Waals surface area (Å²) in [6.45, 7) is 8.31. The maximum absolute atomic E-state index is 12.2. The fourth-order valence-corrected chi connectivity index (χ4v) is 2.07. The number of benzene rings is 1. The first kappa shape index (κ1) is 16.5. The van der Waals surface area contributed by atoms with Gasteiger partial charge in [0.15, 0.2) is 0 Å². The highest BCUT2D eigenvalue weighted by atomic mass is 16.2. The Bertz CT molecular complexity index is 431. The molecule has 112 valence electrons. The van der Waals surface area contributed by atoms with E-state index in [1.807, 2.05) is 39.1 Å². The molecule has 2 N–H and O–H groups in total.